The summed E-state index contributed by atoms with van der Waals surface area (Å²) in [6.07, 6.45) is 6.67. The van der Waals surface area contributed by atoms with Gasteiger partial charge < -0.3 is 10.2 Å². The molecule has 0 bridgehead atoms. The van der Waals surface area contributed by atoms with Crippen molar-refractivity contribution >= 4 is 5.69 Å². The van der Waals surface area contributed by atoms with E-state index in [0.29, 0.717) is 6.04 Å². The van der Waals surface area contributed by atoms with Gasteiger partial charge in [-0.25, -0.2) is 4.39 Å². The zero-order valence-electron chi connectivity index (χ0n) is 9.90. The highest BCUT2D eigenvalue weighted by atomic mass is 19.1. The van der Waals surface area contributed by atoms with Gasteiger partial charge in [0.15, 0.2) is 0 Å². The van der Waals surface area contributed by atoms with Crippen molar-refractivity contribution in [3.8, 4) is 0 Å². The van der Waals surface area contributed by atoms with E-state index in [0.717, 1.165) is 37.7 Å². The van der Waals surface area contributed by atoms with E-state index in [1.165, 1.54) is 19.0 Å². The van der Waals surface area contributed by atoms with Gasteiger partial charge in [0.05, 0.1) is 18.1 Å². The zero-order chi connectivity index (χ0) is 11.7. The maximum absolute atomic E-state index is 13.2. The number of rotatable bonds is 1. The first-order chi connectivity index (χ1) is 8.33. The molecule has 2 aliphatic rings. The van der Waals surface area contributed by atoms with Crippen LogP contribution in [0.15, 0.2) is 18.5 Å². The summed E-state index contributed by atoms with van der Waals surface area (Å²) in [7, 11) is 0. The van der Waals surface area contributed by atoms with Crippen molar-refractivity contribution in [3.05, 3.63) is 24.3 Å². The number of aromatic nitrogens is 1. The Morgan fingerprint density at radius 2 is 2.12 bits per heavy atom. The molecule has 92 valence electrons. The van der Waals surface area contributed by atoms with Crippen molar-refractivity contribution in [2.24, 2.45) is 5.92 Å². The molecule has 0 aliphatic carbocycles. The second kappa shape index (κ2) is 4.61. The largest absolute Gasteiger partial charge is 0.370 e. The van der Waals surface area contributed by atoms with Crippen molar-refractivity contribution in [1.29, 1.82) is 0 Å². The molecule has 0 saturated carbocycles. The average Bonchev–Trinajstić information content (AvgIpc) is 2.68. The maximum atomic E-state index is 13.2. The molecule has 0 aromatic carbocycles. The minimum atomic E-state index is -0.245. The van der Waals surface area contributed by atoms with Gasteiger partial charge in [-0.3, -0.25) is 4.98 Å². The van der Waals surface area contributed by atoms with E-state index >= 15 is 0 Å². The second-order valence-corrected chi connectivity index (χ2v) is 5.04. The van der Waals surface area contributed by atoms with Crippen LogP contribution in [-0.2, 0) is 0 Å². The van der Waals surface area contributed by atoms with Crippen LogP contribution in [0.5, 0.6) is 0 Å². The highest BCUT2D eigenvalue weighted by Gasteiger charge is 2.29. The first-order valence-corrected chi connectivity index (χ1v) is 6.42. The summed E-state index contributed by atoms with van der Waals surface area (Å²) < 4.78 is 13.2. The van der Waals surface area contributed by atoms with Crippen LogP contribution in [-0.4, -0.2) is 30.7 Å². The Labute approximate surface area is 101 Å². The van der Waals surface area contributed by atoms with Gasteiger partial charge >= 0.3 is 0 Å². The van der Waals surface area contributed by atoms with Gasteiger partial charge in [0.25, 0.3) is 0 Å². The minimum absolute atomic E-state index is 0.245. The fraction of sp³-hybridized carbons (Fsp3) is 0.615. The number of anilines is 1. The van der Waals surface area contributed by atoms with Crippen LogP contribution < -0.4 is 10.2 Å². The summed E-state index contributed by atoms with van der Waals surface area (Å²) in [6, 6.07) is 2.25. The van der Waals surface area contributed by atoms with Crippen molar-refractivity contribution in [3.63, 3.8) is 0 Å². The normalized spacial score (nSPS) is 28.9. The third-order valence-corrected chi connectivity index (χ3v) is 4.03. The molecule has 4 heteroatoms. The summed E-state index contributed by atoms with van der Waals surface area (Å²) in [6.45, 7) is 3.18. The van der Waals surface area contributed by atoms with E-state index in [2.05, 4.69) is 15.2 Å². The molecule has 0 amide bonds. The molecule has 2 aliphatic heterocycles. The van der Waals surface area contributed by atoms with Crippen LogP contribution in [0.25, 0.3) is 0 Å². The molecule has 1 aromatic rings. The molecule has 0 radical (unpaired) electrons. The number of nitrogens with one attached hydrogen (secondary N) is 1. The highest BCUT2D eigenvalue weighted by molar-refractivity contribution is 5.44. The molecular weight excluding hydrogens is 217 g/mol. The quantitative estimate of drug-likeness (QED) is 0.804. The van der Waals surface area contributed by atoms with Crippen LogP contribution in [0.4, 0.5) is 10.1 Å². The van der Waals surface area contributed by atoms with Crippen molar-refractivity contribution in [2.75, 3.05) is 24.5 Å². The average molecular weight is 235 g/mol. The first kappa shape index (κ1) is 11.0. The minimum Gasteiger partial charge on any atom is -0.370 e. The van der Waals surface area contributed by atoms with Gasteiger partial charge in [-0.1, -0.05) is 0 Å². The molecule has 17 heavy (non-hydrogen) atoms. The predicted octanol–water partition coefficient (Wildman–Crippen LogP) is 1.80. The summed E-state index contributed by atoms with van der Waals surface area (Å²) >= 11 is 0. The van der Waals surface area contributed by atoms with Crippen LogP contribution in [0.1, 0.15) is 19.3 Å². The van der Waals surface area contributed by atoms with Crippen LogP contribution >= 0.6 is 0 Å². The maximum Gasteiger partial charge on any atom is 0.143 e. The lowest BCUT2D eigenvalue weighted by Crippen LogP contribution is -2.28. The summed E-state index contributed by atoms with van der Waals surface area (Å²) in [5.74, 6) is 0.562. The number of fused-ring (bicyclic) bond motifs is 1. The van der Waals surface area contributed by atoms with Gasteiger partial charge in [-0.05, 0) is 31.7 Å². The summed E-state index contributed by atoms with van der Waals surface area (Å²) in [5.41, 5.74) is 0.921. The lowest BCUT2D eigenvalue weighted by molar-refractivity contribution is 0.436. The van der Waals surface area contributed by atoms with Crippen molar-refractivity contribution in [1.82, 2.24) is 10.3 Å². The van der Waals surface area contributed by atoms with Gasteiger partial charge in [0.1, 0.15) is 5.82 Å². The van der Waals surface area contributed by atoms with E-state index in [1.807, 2.05) is 0 Å². The topological polar surface area (TPSA) is 28.2 Å². The number of hydrogen-bond acceptors (Lipinski definition) is 3. The first-order valence-electron chi connectivity index (χ1n) is 6.42. The summed E-state index contributed by atoms with van der Waals surface area (Å²) in [4.78, 5) is 6.19. The molecule has 2 atom stereocenters. The monoisotopic (exact) mass is 235 g/mol. The second-order valence-electron chi connectivity index (χ2n) is 5.04. The molecule has 3 nitrogen and oxygen atoms in total. The standard InChI is InChI=1S/C13H18FN3/c14-11-7-12(9-15-8-11)17-5-2-10-1-4-16-13(10)3-6-17/h7-10,13,16H,1-6H2/t10-,13+/m0/s1. The van der Waals surface area contributed by atoms with Crippen molar-refractivity contribution < 1.29 is 4.39 Å². The molecule has 2 fully saturated rings. The van der Waals surface area contributed by atoms with E-state index in [4.69, 9.17) is 0 Å². The summed E-state index contributed by atoms with van der Waals surface area (Å²) in [5, 5.41) is 3.57. The van der Waals surface area contributed by atoms with E-state index in [-0.39, 0.29) is 5.82 Å². The smallest absolute Gasteiger partial charge is 0.143 e. The lowest BCUT2D eigenvalue weighted by Gasteiger charge is -2.22. The molecule has 1 aromatic heterocycles. The molecule has 2 saturated heterocycles. The van der Waals surface area contributed by atoms with E-state index in [1.54, 1.807) is 12.3 Å². The molecule has 0 spiro atoms. The fourth-order valence-corrected chi connectivity index (χ4v) is 3.07. The lowest BCUT2D eigenvalue weighted by atomic mass is 9.96. The fourth-order valence-electron chi connectivity index (χ4n) is 3.07. The SMILES string of the molecule is Fc1cncc(N2CC[C@@H]3CCN[C@@H]3CC2)c1. The van der Waals surface area contributed by atoms with E-state index in [9.17, 15) is 4.39 Å². The van der Waals surface area contributed by atoms with Gasteiger partial charge in [0, 0.05) is 25.2 Å². The highest BCUT2D eigenvalue weighted by Crippen LogP contribution is 2.27. The molecule has 0 unspecified atom stereocenters. The zero-order valence-corrected chi connectivity index (χ0v) is 9.90. The Kier molecular flexibility index (Phi) is 2.97. The van der Waals surface area contributed by atoms with Crippen molar-refractivity contribution in [2.45, 2.75) is 25.3 Å². The number of nitrogens with zero attached hydrogens (tertiary/aromatic N) is 2. The molecular formula is C13H18FN3. The molecule has 3 rings (SSSR count). The van der Waals surface area contributed by atoms with Crippen LogP contribution in [0, 0.1) is 11.7 Å². The van der Waals surface area contributed by atoms with Gasteiger partial charge in [0.2, 0.25) is 0 Å². The number of hydrogen-bond donors (Lipinski definition) is 1. The predicted molar refractivity (Wildman–Crippen MR) is 65.5 cm³/mol. The Balaban J connectivity index is 1.73. The molecule has 3 heterocycles. The Hall–Kier alpha value is -1.16. The van der Waals surface area contributed by atoms with Gasteiger partial charge in [-0.15, -0.1) is 0 Å². The molecule has 1 N–H and O–H groups in total. The van der Waals surface area contributed by atoms with E-state index < -0.39 is 0 Å². The van der Waals surface area contributed by atoms with Gasteiger partial charge in [-0.2, -0.15) is 0 Å². The Morgan fingerprint density at radius 3 is 3.00 bits per heavy atom. The van der Waals surface area contributed by atoms with Crippen LogP contribution in [0.3, 0.4) is 0 Å². The Bertz CT molecular complexity index is 382. The van der Waals surface area contributed by atoms with Crippen LogP contribution in [0.2, 0.25) is 0 Å². The number of halogens is 1. The Morgan fingerprint density at radius 1 is 1.24 bits per heavy atom. The third-order valence-electron chi connectivity index (χ3n) is 4.03. The third kappa shape index (κ3) is 2.27. The number of pyridine rings is 1.